The largest absolute Gasteiger partial charge is 0.444 e. The minimum absolute atomic E-state index is 0.0512. The van der Waals surface area contributed by atoms with Crippen LogP contribution in [-0.2, 0) is 14.2 Å². The van der Waals surface area contributed by atoms with E-state index in [9.17, 15) is 4.79 Å². The quantitative estimate of drug-likeness (QED) is 0.454. The number of piperidine rings is 1. The summed E-state index contributed by atoms with van der Waals surface area (Å²) in [7, 11) is 0. The molecule has 0 N–H and O–H groups in total. The van der Waals surface area contributed by atoms with Crippen molar-refractivity contribution in [3.8, 4) is 0 Å². The minimum atomic E-state index is -0.557. The third-order valence-corrected chi connectivity index (χ3v) is 3.53. The first kappa shape index (κ1) is 16.9. The molecule has 0 aliphatic carbocycles. The Bertz CT molecular complexity index is 439. The standard InChI is InChI=1S/C14H24N4O4/c1-14(2,3)22-13(19)18-7-10(16-17-15)6-12(8-18)21-11-4-5-20-9-11/h10-12H,4-9H2,1-3H3/t10-,11-,12-/m1/s1. The van der Waals surface area contributed by atoms with Gasteiger partial charge in [0, 0.05) is 18.1 Å². The molecule has 0 spiro atoms. The molecule has 0 aromatic heterocycles. The van der Waals surface area contributed by atoms with Crippen molar-refractivity contribution in [1.29, 1.82) is 0 Å². The van der Waals surface area contributed by atoms with Crippen LogP contribution in [0.5, 0.6) is 0 Å². The molecule has 0 radical (unpaired) electrons. The molecule has 2 rings (SSSR count). The van der Waals surface area contributed by atoms with Crippen LogP contribution in [-0.4, -0.2) is 61.1 Å². The van der Waals surface area contributed by atoms with Crippen molar-refractivity contribution in [2.24, 2.45) is 5.11 Å². The zero-order valence-electron chi connectivity index (χ0n) is 13.4. The van der Waals surface area contributed by atoms with E-state index >= 15 is 0 Å². The molecule has 0 bridgehead atoms. The Hall–Kier alpha value is -1.50. The summed E-state index contributed by atoms with van der Waals surface area (Å²) < 4.78 is 16.7. The van der Waals surface area contributed by atoms with Gasteiger partial charge in [0.15, 0.2) is 0 Å². The molecule has 2 heterocycles. The van der Waals surface area contributed by atoms with Crippen LogP contribution in [0.1, 0.15) is 33.6 Å². The molecule has 8 nitrogen and oxygen atoms in total. The van der Waals surface area contributed by atoms with E-state index in [-0.39, 0.29) is 18.2 Å². The number of hydrogen-bond donors (Lipinski definition) is 0. The van der Waals surface area contributed by atoms with E-state index in [0.717, 1.165) is 6.42 Å². The fraction of sp³-hybridized carbons (Fsp3) is 0.929. The summed E-state index contributed by atoms with van der Waals surface area (Å²) in [6, 6.07) is -0.293. The Morgan fingerprint density at radius 3 is 2.73 bits per heavy atom. The van der Waals surface area contributed by atoms with Gasteiger partial charge in [0.05, 0.1) is 31.4 Å². The lowest BCUT2D eigenvalue weighted by Crippen LogP contribution is -2.50. The molecule has 2 aliphatic heterocycles. The van der Waals surface area contributed by atoms with Crippen molar-refractivity contribution in [3.63, 3.8) is 0 Å². The van der Waals surface area contributed by atoms with Crippen LogP contribution >= 0.6 is 0 Å². The first-order chi connectivity index (χ1) is 10.4. The van der Waals surface area contributed by atoms with Crippen molar-refractivity contribution in [3.05, 3.63) is 10.4 Å². The number of ether oxygens (including phenoxy) is 3. The van der Waals surface area contributed by atoms with Crippen molar-refractivity contribution >= 4 is 6.09 Å². The molecule has 1 amide bonds. The third kappa shape index (κ3) is 5.05. The number of nitrogens with zero attached hydrogens (tertiary/aromatic N) is 4. The molecule has 0 saturated carbocycles. The number of azide groups is 1. The number of rotatable bonds is 3. The van der Waals surface area contributed by atoms with E-state index in [1.54, 1.807) is 4.90 Å². The van der Waals surface area contributed by atoms with Crippen molar-refractivity contribution in [2.45, 2.75) is 57.5 Å². The highest BCUT2D eigenvalue weighted by Gasteiger charge is 2.34. The highest BCUT2D eigenvalue weighted by molar-refractivity contribution is 5.68. The summed E-state index contributed by atoms with van der Waals surface area (Å²) in [5.41, 5.74) is 8.11. The summed E-state index contributed by atoms with van der Waals surface area (Å²) in [6.45, 7) is 7.56. The second kappa shape index (κ2) is 7.17. The average Bonchev–Trinajstić information content (AvgIpc) is 2.89. The van der Waals surface area contributed by atoms with Crippen LogP contribution in [0.3, 0.4) is 0 Å². The van der Waals surface area contributed by atoms with Crippen LogP contribution in [0.15, 0.2) is 5.11 Å². The van der Waals surface area contributed by atoms with Crippen LogP contribution in [0.2, 0.25) is 0 Å². The van der Waals surface area contributed by atoms with E-state index in [0.29, 0.717) is 32.7 Å². The second-order valence-electron chi connectivity index (χ2n) is 6.72. The molecule has 3 atom stereocenters. The van der Waals surface area contributed by atoms with Crippen LogP contribution in [0.25, 0.3) is 10.4 Å². The SMILES string of the molecule is CC(C)(C)OC(=O)N1C[C@H](N=[N+]=[N-])C[C@@H](O[C@@H]2CCOC2)C1. The molecular formula is C14H24N4O4. The molecule has 8 heteroatoms. The Morgan fingerprint density at radius 2 is 2.14 bits per heavy atom. The second-order valence-corrected chi connectivity index (χ2v) is 6.72. The molecule has 0 aromatic carbocycles. The summed E-state index contributed by atoms with van der Waals surface area (Å²) in [6.07, 6.45) is 0.954. The first-order valence-corrected chi connectivity index (χ1v) is 7.62. The monoisotopic (exact) mass is 312 g/mol. The normalized spacial score (nSPS) is 29.0. The zero-order valence-corrected chi connectivity index (χ0v) is 13.4. The zero-order chi connectivity index (χ0) is 16.2. The van der Waals surface area contributed by atoms with Gasteiger partial charge in [-0.15, -0.1) is 0 Å². The Kier molecular flexibility index (Phi) is 5.50. The summed E-state index contributed by atoms with van der Waals surface area (Å²) >= 11 is 0. The maximum absolute atomic E-state index is 12.2. The number of carbonyl (C=O) groups is 1. The van der Waals surface area contributed by atoms with Gasteiger partial charge in [0.25, 0.3) is 0 Å². The minimum Gasteiger partial charge on any atom is -0.444 e. The fourth-order valence-corrected chi connectivity index (χ4v) is 2.65. The Balaban J connectivity index is 1.99. The predicted octanol–water partition coefficient (Wildman–Crippen LogP) is 2.48. The molecule has 22 heavy (non-hydrogen) atoms. The number of hydrogen-bond acceptors (Lipinski definition) is 5. The Labute approximate surface area is 130 Å². The molecule has 2 saturated heterocycles. The van der Waals surface area contributed by atoms with Gasteiger partial charge in [0.2, 0.25) is 0 Å². The van der Waals surface area contributed by atoms with Crippen LogP contribution < -0.4 is 0 Å². The molecule has 124 valence electrons. The maximum atomic E-state index is 12.2. The number of amides is 1. The van der Waals surface area contributed by atoms with Gasteiger partial charge in [0.1, 0.15) is 5.60 Å². The fourth-order valence-electron chi connectivity index (χ4n) is 2.65. The number of likely N-dealkylation sites (tertiary alicyclic amines) is 1. The smallest absolute Gasteiger partial charge is 0.410 e. The highest BCUT2D eigenvalue weighted by Crippen LogP contribution is 2.22. The van der Waals surface area contributed by atoms with Gasteiger partial charge < -0.3 is 19.1 Å². The molecule has 2 fully saturated rings. The summed E-state index contributed by atoms with van der Waals surface area (Å²) in [4.78, 5) is 16.7. The van der Waals surface area contributed by atoms with Gasteiger partial charge in [-0.25, -0.2) is 4.79 Å². The van der Waals surface area contributed by atoms with Crippen molar-refractivity contribution < 1.29 is 19.0 Å². The van der Waals surface area contributed by atoms with Gasteiger partial charge in [-0.3, -0.25) is 0 Å². The van der Waals surface area contributed by atoms with Gasteiger partial charge >= 0.3 is 6.09 Å². The predicted molar refractivity (Wildman–Crippen MR) is 79.5 cm³/mol. The summed E-state index contributed by atoms with van der Waals surface area (Å²) in [5.74, 6) is 0. The lowest BCUT2D eigenvalue weighted by Gasteiger charge is -2.37. The van der Waals surface area contributed by atoms with Gasteiger partial charge in [-0.05, 0) is 39.1 Å². The van der Waals surface area contributed by atoms with Crippen molar-refractivity contribution in [1.82, 2.24) is 4.90 Å². The van der Waals surface area contributed by atoms with Gasteiger partial charge in [-0.2, -0.15) is 0 Å². The summed E-state index contributed by atoms with van der Waals surface area (Å²) in [5, 5.41) is 3.76. The highest BCUT2D eigenvalue weighted by atomic mass is 16.6. The van der Waals surface area contributed by atoms with E-state index < -0.39 is 11.7 Å². The lowest BCUT2D eigenvalue weighted by atomic mass is 10.0. The topological polar surface area (TPSA) is 96.8 Å². The maximum Gasteiger partial charge on any atom is 0.410 e. The van der Waals surface area contributed by atoms with Crippen molar-refractivity contribution in [2.75, 3.05) is 26.3 Å². The van der Waals surface area contributed by atoms with E-state index in [1.165, 1.54) is 0 Å². The average molecular weight is 312 g/mol. The first-order valence-electron chi connectivity index (χ1n) is 7.62. The lowest BCUT2D eigenvalue weighted by molar-refractivity contribution is -0.0577. The molecule has 2 aliphatic rings. The van der Waals surface area contributed by atoms with Gasteiger partial charge in [-0.1, -0.05) is 5.11 Å². The van der Waals surface area contributed by atoms with E-state index in [2.05, 4.69) is 10.0 Å². The Morgan fingerprint density at radius 1 is 1.36 bits per heavy atom. The number of carbonyl (C=O) groups excluding carboxylic acids is 1. The van der Waals surface area contributed by atoms with Crippen LogP contribution in [0, 0.1) is 0 Å². The molecular weight excluding hydrogens is 288 g/mol. The van der Waals surface area contributed by atoms with Crippen LogP contribution in [0.4, 0.5) is 4.79 Å². The molecule has 0 aromatic rings. The van der Waals surface area contributed by atoms with E-state index in [4.69, 9.17) is 19.7 Å². The third-order valence-electron chi connectivity index (χ3n) is 3.53. The molecule has 0 unspecified atom stereocenters. The van der Waals surface area contributed by atoms with E-state index in [1.807, 2.05) is 20.8 Å².